The molecule has 0 aliphatic carbocycles. The molecule has 2 aromatic carbocycles. The van der Waals surface area contributed by atoms with E-state index in [0.29, 0.717) is 12.4 Å². The average Bonchev–Trinajstić information content (AvgIpc) is 2.97. The third-order valence-corrected chi connectivity index (χ3v) is 3.30. The van der Waals surface area contributed by atoms with Gasteiger partial charge in [0.05, 0.1) is 6.54 Å². The summed E-state index contributed by atoms with van der Waals surface area (Å²) >= 11 is 0. The predicted molar refractivity (Wildman–Crippen MR) is 83.6 cm³/mol. The molecule has 104 valence electrons. The Morgan fingerprint density at radius 1 is 1.05 bits per heavy atom. The van der Waals surface area contributed by atoms with Crippen LogP contribution in [0.15, 0.2) is 55.1 Å². The number of tetrazole rings is 1. The third kappa shape index (κ3) is 3.05. The van der Waals surface area contributed by atoms with Gasteiger partial charge in [-0.25, -0.2) is 0 Å². The van der Waals surface area contributed by atoms with Crippen molar-refractivity contribution in [1.82, 2.24) is 20.2 Å². The Bertz CT molecular complexity index is 739. The second-order valence-corrected chi connectivity index (χ2v) is 4.96. The fourth-order valence-corrected chi connectivity index (χ4v) is 2.05. The fraction of sp³-hybridized carbons (Fsp3) is 0.118. The average molecular weight is 276 g/mol. The number of aromatic nitrogens is 4. The molecule has 0 atom stereocenters. The van der Waals surface area contributed by atoms with Gasteiger partial charge in [0.25, 0.3) is 0 Å². The van der Waals surface area contributed by atoms with Gasteiger partial charge in [-0.3, -0.25) is 0 Å². The Kier molecular flexibility index (Phi) is 3.60. The van der Waals surface area contributed by atoms with Crippen molar-refractivity contribution in [2.75, 3.05) is 0 Å². The van der Waals surface area contributed by atoms with E-state index < -0.39 is 0 Å². The fourth-order valence-electron chi connectivity index (χ4n) is 2.05. The first-order chi connectivity index (χ1) is 10.2. The molecule has 0 saturated heterocycles. The van der Waals surface area contributed by atoms with Crippen LogP contribution < -0.4 is 0 Å². The van der Waals surface area contributed by atoms with Gasteiger partial charge < -0.3 is 0 Å². The van der Waals surface area contributed by atoms with Crippen molar-refractivity contribution in [3.8, 4) is 11.4 Å². The minimum atomic E-state index is 0.607. The largest absolute Gasteiger partial charge is 0.204 e. The summed E-state index contributed by atoms with van der Waals surface area (Å²) < 4.78 is 0. The minimum Gasteiger partial charge on any atom is -0.159 e. The highest BCUT2D eigenvalue weighted by Crippen LogP contribution is 2.14. The Balaban J connectivity index is 1.78. The molecule has 0 saturated carbocycles. The Hall–Kier alpha value is -2.75. The Morgan fingerprint density at radius 3 is 2.43 bits per heavy atom. The van der Waals surface area contributed by atoms with E-state index in [1.165, 1.54) is 5.56 Å². The van der Waals surface area contributed by atoms with Crippen LogP contribution in [-0.2, 0) is 6.54 Å². The Labute approximate surface area is 123 Å². The number of hydrogen-bond donors (Lipinski definition) is 0. The predicted octanol–water partition coefficient (Wildman–Crippen LogP) is 3.34. The molecule has 0 bridgehead atoms. The van der Waals surface area contributed by atoms with Gasteiger partial charge in [0.15, 0.2) is 0 Å². The summed E-state index contributed by atoms with van der Waals surface area (Å²) in [6, 6.07) is 16.3. The number of hydrogen-bond acceptors (Lipinski definition) is 3. The van der Waals surface area contributed by atoms with Crippen molar-refractivity contribution < 1.29 is 0 Å². The van der Waals surface area contributed by atoms with Crippen LogP contribution in [0.5, 0.6) is 0 Å². The lowest BCUT2D eigenvalue weighted by Gasteiger charge is -2.00. The van der Waals surface area contributed by atoms with Crippen LogP contribution in [0.3, 0.4) is 0 Å². The molecule has 4 heteroatoms. The maximum Gasteiger partial charge on any atom is 0.204 e. The first-order valence-electron chi connectivity index (χ1n) is 6.81. The molecule has 0 amide bonds. The number of aryl methyl sites for hydroxylation is 1. The molecular formula is C17H16N4. The van der Waals surface area contributed by atoms with Crippen molar-refractivity contribution in [2.24, 2.45) is 0 Å². The van der Waals surface area contributed by atoms with E-state index in [-0.39, 0.29) is 0 Å². The van der Waals surface area contributed by atoms with Crippen LogP contribution in [-0.4, -0.2) is 20.2 Å². The van der Waals surface area contributed by atoms with Gasteiger partial charge >= 0.3 is 0 Å². The van der Waals surface area contributed by atoms with Crippen LogP contribution in [0.4, 0.5) is 0 Å². The van der Waals surface area contributed by atoms with E-state index in [4.69, 9.17) is 0 Å². The lowest BCUT2D eigenvalue weighted by Crippen LogP contribution is -2.03. The zero-order chi connectivity index (χ0) is 14.7. The van der Waals surface area contributed by atoms with Gasteiger partial charge in [-0.1, -0.05) is 66.7 Å². The molecule has 3 aromatic rings. The molecule has 0 N–H and O–H groups in total. The molecule has 0 aliphatic rings. The zero-order valence-electron chi connectivity index (χ0n) is 11.9. The minimum absolute atomic E-state index is 0.607. The molecule has 0 radical (unpaired) electrons. The number of nitrogens with zero attached hydrogens (tertiary/aromatic N) is 4. The molecule has 3 rings (SSSR count). The second kappa shape index (κ2) is 5.71. The van der Waals surface area contributed by atoms with E-state index in [1.807, 2.05) is 54.6 Å². The standard InChI is InChI=1S/C17H16N4/c1-3-14-6-8-15(9-7-14)12-21-19-17(18-20-21)16-10-4-13(2)5-11-16/h3-11H,1,12H2,2H3. The number of rotatable bonds is 4. The SMILES string of the molecule is C=Cc1ccc(Cn2nnc(-c3ccc(C)cc3)n2)cc1. The van der Waals surface area contributed by atoms with Crippen molar-refractivity contribution in [3.63, 3.8) is 0 Å². The van der Waals surface area contributed by atoms with Crippen LogP contribution in [0.25, 0.3) is 17.5 Å². The van der Waals surface area contributed by atoms with Crippen molar-refractivity contribution in [2.45, 2.75) is 13.5 Å². The summed E-state index contributed by atoms with van der Waals surface area (Å²) in [5.74, 6) is 0.651. The van der Waals surface area contributed by atoms with E-state index in [0.717, 1.165) is 16.7 Å². The van der Waals surface area contributed by atoms with E-state index in [2.05, 4.69) is 28.9 Å². The van der Waals surface area contributed by atoms with Crippen LogP contribution in [0, 0.1) is 6.92 Å². The van der Waals surface area contributed by atoms with Crippen molar-refractivity contribution in [3.05, 3.63) is 71.8 Å². The molecule has 4 nitrogen and oxygen atoms in total. The first-order valence-corrected chi connectivity index (χ1v) is 6.81. The topological polar surface area (TPSA) is 43.6 Å². The first kappa shape index (κ1) is 13.2. The summed E-state index contributed by atoms with van der Waals surface area (Å²) in [6.07, 6.45) is 1.83. The molecule has 0 spiro atoms. The maximum atomic E-state index is 4.42. The molecule has 0 fully saturated rings. The normalized spacial score (nSPS) is 10.5. The highest BCUT2D eigenvalue weighted by molar-refractivity contribution is 5.54. The quantitative estimate of drug-likeness (QED) is 0.734. The maximum absolute atomic E-state index is 4.42. The molecular weight excluding hydrogens is 260 g/mol. The van der Waals surface area contributed by atoms with E-state index >= 15 is 0 Å². The van der Waals surface area contributed by atoms with Gasteiger partial charge in [0, 0.05) is 5.56 Å². The Morgan fingerprint density at radius 2 is 1.76 bits per heavy atom. The van der Waals surface area contributed by atoms with Gasteiger partial charge in [0.1, 0.15) is 0 Å². The van der Waals surface area contributed by atoms with Crippen molar-refractivity contribution in [1.29, 1.82) is 0 Å². The smallest absolute Gasteiger partial charge is 0.159 e. The van der Waals surface area contributed by atoms with Gasteiger partial charge in [0.2, 0.25) is 5.82 Å². The van der Waals surface area contributed by atoms with Crippen molar-refractivity contribution >= 4 is 6.08 Å². The highest BCUT2D eigenvalue weighted by Gasteiger charge is 2.06. The van der Waals surface area contributed by atoms with E-state index in [9.17, 15) is 0 Å². The molecule has 1 aromatic heterocycles. The van der Waals surface area contributed by atoms with Gasteiger partial charge in [-0.05, 0) is 23.3 Å². The summed E-state index contributed by atoms with van der Waals surface area (Å²) in [7, 11) is 0. The second-order valence-electron chi connectivity index (χ2n) is 4.96. The monoisotopic (exact) mass is 276 g/mol. The summed E-state index contributed by atoms with van der Waals surface area (Å²) in [6.45, 7) is 6.41. The van der Waals surface area contributed by atoms with Crippen LogP contribution >= 0.6 is 0 Å². The molecule has 0 aliphatic heterocycles. The third-order valence-electron chi connectivity index (χ3n) is 3.30. The van der Waals surface area contributed by atoms with Gasteiger partial charge in [-0.15, -0.1) is 10.2 Å². The summed E-state index contributed by atoms with van der Waals surface area (Å²) in [5.41, 5.74) is 4.43. The zero-order valence-corrected chi connectivity index (χ0v) is 11.9. The van der Waals surface area contributed by atoms with Crippen LogP contribution in [0.2, 0.25) is 0 Å². The van der Waals surface area contributed by atoms with Crippen LogP contribution in [0.1, 0.15) is 16.7 Å². The lowest BCUT2D eigenvalue weighted by molar-refractivity contribution is 0.573. The summed E-state index contributed by atoms with van der Waals surface area (Å²) in [5, 5.41) is 12.6. The molecule has 21 heavy (non-hydrogen) atoms. The lowest BCUT2D eigenvalue weighted by atomic mass is 10.1. The number of benzene rings is 2. The van der Waals surface area contributed by atoms with E-state index in [1.54, 1.807) is 4.80 Å². The molecule has 0 unspecified atom stereocenters. The highest BCUT2D eigenvalue weighted by atomic mass is 15.6. The molecule has 1 heterocycles. The van der Waals surface area contributed by atoms with Gasteiger partial charge in [-0.2, -0.15) is 4.80 Å². The summed E-state index contributed by atoms with van der Waals surface area (Å²) in [4.78, 5) is 1.61.